The summed E-state index contributed by atoms with van der Waals surface area (Å²) in [6.45, 7) is 4.16. The normalized spacial score (nSPS) is 15.7. The lowest BCUT2D eigenvalue weighted by Crippen LogP contribution is -2.52. The Hall–Kier alpha value is -1.76. The summed E-state index contributed by atoms with van der Waals surface area (Å²) in [5.74, 6) is 1.05. The molecule has 1 amide bonds. The largest absolute Gasteiger partial charge is 0.479 e. The number of ether oxygens (including phenoxy) is 1. The molecule has 1 aromatic heterocycles. The van der Waals surface area contributed by atoms with Crippen molar-refractivity contribution in [3.63, 3.8) is 0 Å². The summed E-state index contributed by atoms with van der Waals surface area (Å²) in [5, 5.41) is 8.97. The second-order valence-corrected chi connectivity index (χ2v) is 7.01. The number of aromatic nitrogens is 2. The number of carbonyl (C=O) groups is 1. The highest BCUT2D eigenvalue weighted by Crippen LogP contribution is 2.32. The molecular formula is C17H17Cl3N4O2. The number of benzene rings is 1. The van der Waals surface area contributed by atoms with E-state index in [1.165, 1.54) is 0 Å². The molecule has 3 rings (SSSR count). The second kappa shape index (κ2) is 8.29. The van der Waals surface area contributed by atoms with Crippen molar-refractivity contribution in [3.8, 4) is 5.75 Å². The van der Waals surface area contributed by atoms with E-state index >= 15 is 0 Å². The SMILES string of the molecule is C[C@@H](Oc1cccc(Cl)c1Cl)C(=O)N1CCN(c2ccc(Cl)nn2)CC1. The van der Waals surface area contributed by atoms with Gasteiger partial charge in [0, 0.05) is 26.2 Å². The standard InChI is InChI=1S/C17H17Cl3N4O2/c1-11(26-13-4-2-3-12(18)16(13)20)17(25)24-9-7-23(8-10-24)15-6-5-14(19)21-22-15/h2-6,11H,7-10H2,1H3/t11-/m1/s1. The lowest BCUT2D eigenvalue weighted by atomic mass is 10.2. The number of nitrogens with zero attached hydrogens (tertiary/aromatic N) is 4. The fraction of sp³-hybridized carbons (Fsp3) is 0.353. The Labute approximate surface area is 166 Å². The van der Waals surface area contributed by atoms with E-state index in [2.05, 4.69) is 15.1 Å². The average Bonchev–Trinajstić information content (AvgIpc) is 2.65. The molecule has 0 spiro atoms. The summed E-state index contributed by atoms with van der Waals surface area (Å²) in [7, 11) is 0. The van der Waals surface area contributed by atoms with E-state index in [1.54, 1.807) is 36.1 Å². The quantitative estimate of drug-likeness (QED) is 0.764. The molecule has 9 heteroatoms. The Morgan fingerprint density at radius 2 is 1.81 bits per heavy atom. The van der Waals surface area contributed by atoms with Crippen LogP contribution in [0.5, 0.6) is 5.75 Å². The molecule has 2 heterocycles. The molecule has 26 heavy (non-hydrogen) atoms. The second-order valence-electron chi connectivity index (χ2n) is 5.84. The molecule has 1 aliphatic rings. The van der Waals surface area contributed by atoms with Crippen LogP contribution in [0.15, 0.2) is 30.3 Å². The first kappa shape index (κ1) is 19.0. The van der Waals surface area contributed by atoms with Crippen molar-refractivity contribution < 1.29 is 9.53 Å². The predicted octanol–water partition coefficient (Wildman–Crippen LogP) is 3.55. The average molecular weight is 416 g/mol. The Morgan fingerprint density at radius 1 is 1.08 bits per heavy atom. The zero-order valence-corrected chi connectivity index (χ0v) is 16.3. The topological polar surface area (TPSA) is 58.6 Å². The number of carbonyl (C=O) groups excluding carboxylic acids is 1. The van der Waals surface area contributed by atoms with Crippen LogP contribution < -0.4 is 9.64 Å². The Bertz CT molecular complexity index is 780. The molecule has 1 aliphatic heterocycles. The summed E-state index contributed by atoms with van der Waals surface area (Å²) >= 11 is 17.9. The van der Waals surface area contributed by atoms with Gasteiger partial charge in [-0.1, -0.05) is 40.9 Å². The molecule has 1 saturated heterocycles. The van der Waals surface area contributed by atoms with Crippen molar-refractivity contribution in [3.05, 3.63) is 45.5 Å². The minimum absolute atomic E-state index is 0.0946. The molecule has 0 aliphatic carbocycles. The van der Waals surface area contributed by atoms with Crippen LogP contribution in [0.4, 0.5) is 5.82 Å². The highest BCUT2D eigenvalue weighted by Gasteiger charge is 2.27. The van der Waals surface area contributed by atoms with E-state index in [0.717, 1.165) is 5.82 Å². The number of hydrogen-bond acceptors (Lipinski definition) is 5. The molecule has 2 aromatic rings. The molecule has 0 unspecified atom stereocenters. The monoisotopic (exact) mass is 414 g/mol. The van der Waals surface area contributed by atoms with Gasteiger partial charge >= 0.3 is 0 Å². The third-order valence-corrected chi connectivity index (χ3v) is 5.10. The molecule has 6 nitrogen and oxygen atoms in total. The summed E-state index contributed by atoms with van der Waals surface area (Å²) in [6.07, 6.45) is -0.659. The summed E-state index contributed by atoms with van der Waals surface area (Å²) in [5.41, 5.74) is 0. The smallest absolute Gasteiger partial charge is 0.263 e. The van der Waals surface area contributed by atoms with Crippen LogP contribution >= 0.6 is 34.8 Å². The lowest BCUT2D eigenvalue weighted by Gasteiger charge is -2.36. The molecule has 0 saturated carbocycles. The van der Waals surface area contributed by atoms with Gasteiger partial charge in [0.1, 0.15) is 10.8 Å². The fourth-order valence-electron chi connectivity index (χ4n) is 2.71. The van der Waals surface area contributed by atoms with Crippen molar-refractivity contribution in [2.75, 3.05) is 31.1 Å². The van der Waals surface area contributed by atoms with Crippen LogP contribution in [0, 0.1) is 0 Å². The first-order chi connectivity index (χ1) is 12.5. The lowest BCUT2D eigenvalue weighted by molar-refractivity contribution is -0.138. The van der Waals surface area contributed by atoms with Gasteiger partial charge in [-0.05, 0) is 31.2 Å². The van der Waals surface area contributed by atoms with Gasteiger partial charge in [-0.2, -0.15) is 0 Å². The third-order valence-electron chi connectivity index (χ3n) is 4.10. The highest BCUT2D eigenvalue weighted by atomic mass is 35.5. The van der Waals surface area contributed by atoms with Gasteiger partial charge in [0.15, 0.2) is 17.1 Å². The van der Waals surface area contributed by atoms with Gasteiger partial charge in [0.05, 0.1) is 5.02 Å². The molecule has 1 atom stereocenters. The van der Waals surface area contributed by atoms with Crippen LogP contribution in [0.2, 0.25) is 15.2 Å². The van der Waals surface area contributed by atoms with Gasteiger partial charge in [-0.25, -0.2) is 0 Å². The number of hydrogen-bond donors (Lipinski definition) is 0. The Kier molecular flexibility index (Phi) is 6.06. The van der Waals surface area contributed by atoms with Crippen LogP contribution in [-0.4, -0.2) is 53.3 Å². The molecule has 1 aromatic carbocycles. The van der Waals surface area contributed by atoms with Crippen LogP contribution in [0.25, 0.3) is 0 Å². The maximum atomic E-state index is 12.6. The maximum Gasteiger partial charge on any atom is 0.263 e. The van der Waals surface area contributed by atoms with Gasteiger partial charge in [0.2, 0.25) is 0 Å². The Morgan fingerprint density at radius 3 is 2.46 bits per heavy atom. The predicted molar refractivity (Wildman–Crippen MR) is 102 cm³/mol. The van der Waals surface area contributed by atoms with Gasteiger partial charge in [0.25, 0.3) is 5.91 Å². The number of piperazine rings is 1. The van der Waals surface area contributed by atoms with Gasteiger partial charge in [-0.3, -0.25) is 4.79 Å². The van der Waals surface area contributed by atoms with Gasteiger partial charge in [-0.15, -0.1) is 10.2 Å². The van der Waals surface area contributed by atoms with Crippen molar-refractivity contribution in [2.45, 2.75) is 13.0 Å². The van der Waals surface area contributed by atoms with Crippen molar-refractivity contribution in [2.24, 2.45) is 0 Å². The van der Waals surface area contributed by atoms with Crippen molar-refractivity contribution in [1.29, 1.82) is 0 Å². The number of amides is 1. The van der Waals surface area contributed by atoms with Crippen molar-refractivity contribution in [1.82, 2.24) is 15.1 Å². The summed E-state index contributed by atoms with van der Waals surface area (Å²) in [6, 6.07) is 8.61. The number of anilines is 1. The summed E-state index contributed by atoms with van der Waals surface area (Å²) in [4.78, 5) is 16.5. The first-order valence-corrected chi connectivity index (χ1v) is 9.22. The zero-order valence-electron chi connectivity index (χ0n) is 14.0. The maximum absolute atomic E-state index is 12.6. The molecule has 0 N–H and O–H groups in total. The van der Waals surface area contributed by atoms with E-state index in [9.17, 15) is 4.79 Å². The zero-order chi connectivity index (χ0) is 18.7. The third kappa shape index (κ3) is 4.31. The molecule has 138 valence electrons. The van der Waals surface area contributed by atoms with E-state index in [4.69, 9.17) is 39.5 Å². The van der Waals surface area contributed by atoms with Crippen molar-refractivity contribution >= 4 is 46.5 Å². The van der Waals surface area contributed by atoms with E-state index in [-0.39, 0.29) is 5.91 Å². The van der Waals surface area contributed by atoms with Crippen LogP contribution in [0.1, 0.15) is 6.92 Å². The molecule has 0 bridgehead atoms. The molecule has 1 fully saturated rings. The van der Waals surface area contributed by atoms with E-state index in [1.807, 2.05) is 6.07 Å². The fourth-order valence-corrected chi connectivity index (χ4v) is 3.14. The van der Waals surface area contributed by atoms with E-state index < -0.39 is 6.10 Å². The number of rotatable bonds is 4. The van der Waals surface area contributed by atoms with Gasteiger partial charge < -0.3 is 14.5 Å². The van der Waals surface area contributed by atoms with Crippen LogP contribution in [0.3, 0.4) is 0 Å². The van der Waals surface area contributed by atoms with Crippen LogP contribution in [-0.2, 0) is 4.79 Å². The Balaban J connectivity index is 1.57. The summed E-state index contributed by atoms with van der Waals surface area (Å²) < 4.78 is 5.71. The number of halogens is 3. The van der Waals surface area contributed by atoms with E-state index in [0.29, 0.717) is 47.1 Å². The minimum Gasteiger partial charge on any atom is -0.479 e. The molecular weight excluding hydrogens is 399 g/mol. The minimum atomic E-state index is -0.659. The highest BCUT2D eigenvalue weighted by molar-refractivity contribution is 6.42. The first-order valence-electron chi connectivity index (χ1n) is 8.09. The molecule has 0 radical (unpaired) electrons.